The molecular formula is C65H125N7O10. The monoisotopic (exact) mass is 1160 g/mol. The van der Waals surface area contributed by atoms with Crippen LogP contribution in [0.1, 0.15) is 310 Å². The number of hydrogen-bond donors (Lipinski definition) is 7. The molecule has 11 N–H and O–H groups in total. The van der Waals surface area contributed by atoms with E-state index in [-0.39, 0.29) is 82.5 Å². The number of Topliss-reactive ketones (excluding diaryl/α,β-unsaturated/α-hetero) is 1. The van der Waals surface area contributed by atoms with E-state index in [1.54, 1.807) is 0 Å². The van der Waals surface area contributed by atoms with Gasteiger partial charge < -0.3 is 53.1 Å². The second-order valence-corrected chi connectivity index (χ2v) is 23.6. The Morgan fingerprint density at radius 2 is 0.695 bits per heavy atom. The Kier molecular flexibility index (Phi) is 53.9. The fraction of sp³-hybridized carbons (Fsp3) is 0.892. The van der Waals surface area contributed by atoms with Gasteiger partial charge in [-0.25, -0.2) is 0 Å². The number of nitrogens with one attached hydrogen (secondary N) is 3. The number of carbonyl (C=O) groups is 7. The van der Waals surface area contributed by atoms with Crippen LogP contribution >= 0.6 is 0 Å². The normalized spacial score (nSPS) is 12.6. The van der Waals surface area contributed by atoms with Crippen LogP contribution in [0.5, 0.6) is 0 Å². The van der Waals surface area contributed by atoms with Crippen LogP contribution in [0.2, 0.25) is 0 Å². The second-order valence-electron chi connectivity index (χ2n) is 23.6. The van der Waals surface area contributed by atoms with Gasteiger partial charge in [0.1, 0.15) is 25.4 Å². The SMILES string of the molecule is CCCCCCCCCCCC(=O)OCC(COC(=O)CCCCCCCCCCC)(COC(=O)CCCCCCCCCCC)NC(=O)CCCCCCCCC(=O)C(CCNC(=O)C(N)CCCCN)NC(=O)C(N)CCCCN. The molecule has 17 heteroatoms. The van der Waals surface area contributed by atoms with Gasteiger partial charge in [0, 0.05) is 38.6 Å². The number of unbranched alkanes of at least 4 members (excludes halogenated alkanes) is 31. The molecule has 0 saturated heterocycles. The van der Waals surface area contributed by atoms with Gasteiger partial charge in [0.05, 0.1) is 18.1 Å². The lowest BCUT2D eigenvalue weighted by atomic mass is 10.00. The van der Waals surface area contributed by atoms with Crippen LogP contribution in [0, 0.1) is 0 Å². The van der Waals surface area contributed by atoms with Crippen LogP contribution in [0.25, 0.3) is 0 Å². The van der Waals surface area contributed by atoms with Crippen molar-refractivity contribution in [1.29, 1.82) is 0 Å². The lowest BCUT2D eigenvalue weighted by Gasteiger charge is -2.33. The van der Waals surface area contributed by atoms with E-state index < -0.39 is 47.5 Å². The molecule has 0 aromatic heterocycles. The van der Waals surface area contributed by atoms with Gasteiger partial charge in [-0.05, 0) is 77.3 Å². The van der Waals surface area contributed by atoms with E-state index in [9.17, 15) is 33.6 Å². The summed E-state index contributed by atoms with van der Waals surface area (Å²) in [5, 5.41) is 8.67. The van der Waals surface area contributed by atoms with Gasteiger partial charge in [0.15, 0.2) is 5.78 Å². The minimum Gasteiger partial charge on any atom is -0.463 e. The molecule has 0 bridgehead atoms. The maximum absolute atomic E-state index is 13.9. The van der Waals surface area contributed by atoms with Crippen molar-refractivity contribution in [3.63, 3.8) is 0 Å². The molecule has 0 aliphatic heterocycles. The predicted molar refractivity (Wildman–Crippen MR) is 333 cm³/mol. The molecule has 0 saturated carbocycles. The van der Waals surface area contributed by atoms with Crippen molar-refractivity contribution < 1.29 is 47.8 Å². The highest BCUT2D eigenvalue weighted by molar-refractivity contribution is 5.91. The quantitative estimate of drug-likeness (QED) is 0.0169. The zero-order chi connectivity index (χ0) is 60.6. The second kappa shape index (κ2) is 56.5. The topological polar surface area (TPSA) is 287 Å². The third-order valence-electron chi connectivity index (χ3n) is 15.5. The van der Waals surface area contributed by atoms with Crippen molar-refractivity contribution in [1.82, 2.24) is 16.0 Å². The number of nitrogens with two attached hydrogens (primary N) is 4. The van der Waals surface area contributed by atoms with Crippen molar-refractivity contribution in [2.45, 2.75) is 333 Å². The van der Waals surface area contributed by atoms with E-state index in [0.29, 0.717) is 64.5 Å². The summed E-state index contributed by atoms with van der Waals surface area (Å²) in [5.41, 5.74) is 21.9. The van der Waals surface area contributed by atoms with Crippen LogP contribution in [-0.4, -0.2) is 105 Å². The highest BCUT2D eigenvalue weighted by Gasteiger charge is 2.37. The number of ketones is 1. The van der Waals surface area contributed by atoms with Gasteiger partial charge in [-0.3, -0.25) is 33.6 Å². The Morgan fingerprint density at radius 3 is 1.05 bits per heavy atom. The lowest BCUT2D eigenvalue weighted by Crippen LogP contribution is -2.59. The molecule has 0 aliphatic carbocycles. The number of rotatable bonds is 61. The minimum atomic E-state index is -1.48. The van der Waals surface area contributed by atoms with Crippen molar-refractivity contribution in [3.8, 4) is 0 Å². The minimum absolute atomic E-state index is 0.137. The summed E-state index contributed by atoms with van der Waals surface area (Å²) in [6.07, 6.45) is 39.3. The van der Waals surface area contributed by atoms with Crippen LogP contribution in [0.4, 0.5) is 0 Å². The van der Waals surface area contributed by atoms with E-state index in [4.69, 9.17) is 37.1 Å². The Morgan fingerprint density at radius 1 is 0.378 bits per heavy atom. The molecule has 0 spiro atoms. The molecule has 480 valence electrons. The molecule has 0 aromatic carbocycles. The average Bonchev–Trinajstić information content (AvgIpc) is 3.48. The van der Waals surface area contributed by atoms with Gasteiger partial charge in [-0.15, -0.1) is 0 Å². The molecule has 0 radical (unpaired) electrons. The first-order valence-electron chi connectivity index (χ1n) is 33.6. The van der Waals surface area contributed by atoms with E-state index in [1.165, 1.54) is 96.3 Å². The predicted octanol–water partition coefficient (Wildman–Crippen LogP) is 11.8. The smallest absolute Gasteiger partial charge is 0.305 e. The summed E-state index contributed by atoms with van der Waals surface area (Å²) >= 11 is 0. The van der Waals surface area contributed by atoms with E-state index >= 15 is 0 Å². The molecule has 82 heavy (non-hydrogen) atoms. The molecule has 3 unspecified atom stereocenters. The third kappa shape index (κ3) is 47.7. The average molecular weight is 1160 g/mol. The molecule has 3 amide bonds. The summed E-state index contributed by atoms with van der Waals surface area (Å²) in [6.45, 7) is 6.89. The highest BCUT2D eigenvalue weighted by Crippen LogP contribution is 2.19. The Labute approximate surface area is 499 Å². The standard InChI is InChI=1S/C65H125N7O10/c1-4-7-10-13-16-19-22-29-34-45-60(75)80-52-65(53-81-61(76)46-35-30-23-20-17-14-11-8-5-2,54-82-62(77)47-36-31-24-21-18-15-12-9-6-3)72-59(74)44-33-28-26-25-27-32-43-58(73)57(71-64(79)56(69)42-38-40-50-67)48-51-70-63(78)55(68)41-37-39-49-66/h55-57H,4-54,66-69H2,1-3H3,(H,70,78)(H,71,79)(H,72,74). The summed E-state index contributed by atoms with van der Waals surface area (Å²) < 4.78 is 17.6. The number of amides is 3. The maximum atomic E-state index is 13.9. The van der Waals surface area contributed by atoms with Crippen LogP contribution in [-0.2, 0) is 47.8 Å². The Balaban J connectivity index is 5.78. The van der Waals surface area contributed by atoms with Gasteiger partial charge in [0.2, 0.25) is 17.7 Å². The molecule has 0 fully saturated rings. The third-order valence-corrected chi connectivity index (χ3v) is 15.5. The fourth-order valence-corrected chi connectivity index (χ4v) is 10.0. The first kappa shape index (κ1) is 78.3. The van der Waals surface area contributed by atoms with Crippen LogP contribution < -0.4 is 38.9 Å². The lowest BCUT2D eigenvalue weighted by molar-refractivity contribution is -0.159. The number of hydrogen-bond acceptors (Lipinski definition) is 14. The Hall–Kier alpha value is -3.67. The van der Waals surface area contributed by atoms with Gasteiger partial charge in [-0.1, -0.05) is 213 Å². The van der Waals surface area contributed by atoms with Crippen molar-refractivity contribution in [3.05, 3.63) is 0 Å². The zero-order valence-electron chi connectivity index (χ0n) is 52.7. The molecule has 17 nitrogen and oxygen atoms in total. The number of carbonyl (C=O) groups excluding carboxylic acids is 7. The first-order chi connectivity index (χ1) is 39.8. The molecule has 0 rings (SSSR count). The molecule has 0 heterocycles. The molecule has 0 aromatic rings. The number of esters is 3. The highest BCUT2D eigenvalue weighted by atomic mass is 16.6. The van der Waals surface area contributed by atoms with Crippen molar-refractivity contribution in [2.75, 3.05) is 39.5 Å². The first-order valence-corrected chi connectivity index (χ1v) is 33.6. The van der Waals surface area contributed by atoms with E-state index in [0.717, 1.165) is 103 Å². The summed E-state index contributed by atoms with van der Waals surface area (Å²) in [4.78, 5) is 92.8. The number of ether oxygens (including phenoxy) is 3. The maximum Gasteiger partial charge on any atom is 0.305 e. The fourth-order valence-electron chi connectivity index (χ4n) is 10.0. The van der Waals surface area contributed by atoms with Gasteiger partial charge in [-0.2, -0.15) is 0 Å². The summed E-state index contributed by atoms with van der Waals surface area (Å²) in [7, 11) is 0. The van der Waals surface area contributed by atoms with Crippen LogP contribution in [0.15, 0.2) is 0 Å². The zero-order valence-corrected chi connectivity index (χ0v) is 52.7. The van der Waals surface area contributed by atoms with Gasteiger partial charge in [0.25, 0.3) is 0 Å². The molecule has 3 atom stereocenters. The van der Waals surface area contributed by atoms with Crippen molar-refractivity contribution in [2.24, 2.45) is 22.9 Å². The summed E-state index contributed by atoms with van der Waals surface area (Å²) in [5.74, 6) is -2.44. The van der Waals surface area contributed by atoms with Gasteiger partial charge >= 0.3 is 17.9 Å². The van der Waals surface area contributed by atoms with Crippen molar-refractivity contribution >= 4 is 41.4 Å². The molecule has 0 aliphatic rings. The van der Waals surface area contributed by atoms with E-state index in [1.807, 2.05) is 0 Å². The largest absolute Gasteiger partial charge is 0.463 e. The Bertz CT molecular complexity index is 1510. The summed E-state index contributed by atoms with van der Waals surface area (Å²) in [6, 6.07) is -2.28. The van der Waals surface area contributed by atoms with E-state index in [2.05, 4.69) is 36.7 Å². The van der Waals surface area contributed by atoms with Crippen LogP contribution in [0.3, 0.4) is 0 Å². The molecular weight excluding hydrogens is 1040 g/mol.